The molecule has 0 saturated heterocycles. The van der Waals surface area contributed by atoms with Gasteiger partial charge >= 0.3 is 0 Å². The maximum Gasteiger partial charge on any atom is 0.293 e. The van der Waals surface area contributed by atoms with E-state index in [0.717, 1.165) is 5.56 Å². The summed E-state index contributed by atoms with van der Waals surface area (Å²) in [5.74, 6) is 1.32. The van der Waals surface area contributed by atoms with Gasteiger partial charge in [0, 0.05) is 0 Å². The van der Waals surface area contributed by atoms with Gasteiger partial charge in [0.1, 0.15) is 6.61 Å². The van der Waals surface area contributed by atoms with Gasteiger partial charge in [0.15, 0.2) is 11.5 Å². The summed E-state index contributed by atoms with van der Waals surface area (Å²) in [5, 5.41) is 4.08. The summed E-state index contributed by atoms with van der Waals surface area (Å²) in [5.41, 5.74) is 4.45. The van der Waals surface area contributed by atoms with E-state index in [0.29, 0.717) is 29.1 Å². The number of ether oxygens (including phenoxy) is 2. The average molecular weight is 387 g/mol. The number of aromatic amines is 1. The maximum atomic E-state index is 12.0. The van der Waals surface area contributed by atoms with E-state index in [2.05, 4.69) is 27.1 Å². The van der Waals surface area contributed by atoms with Crippen molar-refractivity contribution in [1.29, 1.82) is 0 Å². The number of halogens is 1. The summed E-state index contributed by atoms with van der Waals surface area (Å²) in [4.78, 5) is 19.0. The molecule has 0 atom stereocenters. The van der Waals surface area contributed by atoms with E-state index in [-0.39, 0.29) is 23.8 Å². The molecule has 0 spiro atoms. The maximum absolute atomic E-state index is 12.0. The molecule has 0 aliphatic rings. The first-order valence-corrected chi connectivity index (χ1v) is 7.91. The van der Waals surface area contributed by atoms with Crippen LogP contribution >= 0.6 is 12.4 Å². The van der Waals surface area contributed by atoms with Crippen molar-refractivity contribution in [2.45, 2.75) is 0 Å². The number of H-pyrrole nitrogens is 1. The molecular formula is C19H19ClN4O3. The highest BCUT2D eigenvalue weighted by Crippen LogP contribution is 2.27. The van der Waals surface area contributed by atoms with Crippen molar-refractivity contribution in [2.75, 3.05) is 19.1 Å². The van der Waals surface area contributed by atoms with Crippen molar-refractivity contribution in [3.05, 3.63) is 71.0 Å². The predicted octanol–water partition coefficient (Wildman–Crippen LogP) is 3.36. The molecule has 1 heterocycles. The second kappa shape index (κ2) is 9.40. The number of hydrazone groups is 1. The van der Waals surface area contributed by atoms with Gasteiger partial charge < -0.3 is 14.5 Å². The number of anilines is 1. The zero-order valence-corrected chi connectivity index (χ0v) is 15.5. The third kappa shape index (κ3) is 4.86. The fourth-order valence-electron chi connectivity index (χ4n) is 2.31. The molecule has 0 saturated carbocycles. The van der Waals surface area contributed by atoms with Crippen molar-refractivity contribution >= 4 is 35.5 Å². The highest BCUT2D eigenvalue weighted by molar-refractivity contribution is 5.85. The molecule has 0 unspecified atom stereocenters. The number of aromatic nitrogens is 2. The van der Waals surface area contributed by atoms with Gasteiger partial charge in [0.05, 0.1) is 24.4 Å². The molecule has 0 aliphatic carbocycles. The first kappa shape index (κ1) is 20.0. The quantitative estimate of drug-likeness (QED) is 0.369. The van der Waals surface area contributed by atoms with Crippen LogP contribution < -0.4 is 20.5 Å². The molecule has 3 rings (SSSR count). The fourth-order valence-corrected chi connectivity index (χ4v) is 2.31. The molecule has 8 heteroatoms. The molecule has 0 amide bonds. The molecule has 3 aromatic rings. The molecule has 0 bridgehead atoms. The lowest BCUT2D eigenvalue weighted by Gasteiger charge is -2.09. The van der Waals surface area contributed by atoms with Crippen LogP contribution in [0.5, 0.6) is 11.5 Å². The Morgan fingerprint density at radius 2 is 2.07 bits per heavy atom. The average Bonchev–Trinajstić information content (AvgIpc) is 2.67. The standard InChI is InChI=1S/C19H18N4O3.ClH/c1-3-10-26-16-9-8-13(11-17(16)25-2)12-20-23-18-19(24)22-15-7-5-4-6-14(15)21-18;/h3-9,11-12H,1,10H2,2H3,(H,21,23)(H,22,24);1H/b20-12+;. The van der Waals surface area contributed by atoms with Crippen LogP contribution in [-0.2, 0) is 0 Å². The third-order valence-electron chi connectivity index (χ3n) is 3.53. The molecule has 2 N–H and O–H groups in total. The number of nitrogens with zero attached hydrogens (tertiary/aromatic N) is 2. The van der Waals surface area contributed by atoms with Crippen molar-refractivity contribution < 1.29 is 9.47 Å². The van der Waals surface area contributed by atoms with Gasteiger partial charge in [-0.25, -0.2) is 4.98 Å². The van der Waals surface area contributed by atoms with Crippen LogP contribution in [0.2, 0.25) is 0 Å². The third-order valence-corrected chi connectivity index (χ3v) is 3.53. The summed E-state index contributed by atoms with van der Waals surface area (Å²) < 4.78 is 10.8. The summed E-state index contributed by atoms with van der Waals surface area (Å²) >= 11 is 0. The lowest BCUT2D eigenvalue weighted by molar-refractivity contribution is 0.326. The lowest BCUT2D eigenvalue weighted by Crippen LogP contribution is -2.13. The van der Waals surface area contributed by atoms with Crippen LogP contribution in [0.25, 0.3) is 11.0 Å². The van der Waals surface area contributed by atoms with Crippen molar-refractivity contribution in [3.63, 3.8) is 0 Å². The van der Waals surface area contributed by atoms with E-state index in [1.54, 1.807) is 37.6 Å². The molecule has 1 aromatic heterocycles. The van der Waals surface area contributed by atoms with Crippen molar-refractivity contribution in [1.82, 2.24) is 9.97 Å². The van der Waals surface area contributed by atoms with Gasteiger partial charge in [-0.1, -0.05) is 24.8 Å². The first-order chi connectivity index (χ1) is 12.7. The molecule has 0 radical (unpaired) electrons. The molecule has 7 nitrogen and oxygen atoms in total. The highest BCUT2D eigenvalue weighted by Gasteiger charge is 2.05. The van der Waals surface area contributed by atoms with E-state index < -0.39 is 0 Å². The second-order valence-electron chi connectivity index (χ2n) is 5.31. The van der Waals surface area contributed by atoms with Crippen LogP contribution in [0, 0.1) is 0 Å². The summed E-state index contributed by atoms with van der Waals surface area (Å²) in [6.07, 6.45) is 3.23. The van der Waals surface area contributed by atoms with Crippen LogP contribution in [0.3, 0.4) is 0 Å². The first-order valence-electron chi connectivity index (χ1n) is 7.91. The van der Waals surface area contributed by atoms with E-state index in [4.69, 9.17) is 9.47 Å². The molecule has 0 aliphatic heterocycles. The number of hydrogen-bond donors (Lipinski definition) is 2. The van der Waals surface area contributed by atoms with Crippen LogP contribution in [0.1, 0.15) is 5.56 Å². The van der Waals surface area contributed by atoms with E-state index >= 15 is 0 Å². The topological polar surface area (TPSA) is 88.6 Å². The summed E-state index contributed by atoms with van der Waals surface area (Å²) in [6, 6.07) is 12.7. The van der Waals surface area contributed by atoms with Gasteiger partial charge in [0.25, 0.3) is 5.56 Å². The smallest absolute Gasteiger partial charge is 0.293 e. The van der Waals surface area contributed by atoms with Gasteiger partial charge in [-0.3, -0.25) is 10.2 Å². The number of methoxy groups -OCH3 is 1. The Hall–Kier alpha value is -3.32. The van der Waals surface area contributed by atoms with Gasteiger partial charge in [-0.05, 0) is 35.9 Å². The second-order valence-corrected chi connectivity index (χ2v) is 5.31. The van der Waals surface area contributed by atoms with Crippen LogP contribution in [0.4, 0.5) is 5.82 Å². The van der Waals surface area contributed by atoms with Crippen LogP contribution in [0.15, 0.2) is 65.0 Å². The minimum absolute atomic E-state index is 0. The minimum Gasteiger partial charge on any atom is -0.493 e. The predicted molar refractivity (Wildman–Crippen MR) is 110 cm³/mol. The highest BCUT2D eigenvalue weighted by atomic mass is 35.5. The lowest BCUT2D eigenvalue weighted by atomic mass is 10.2. The Morgan fingerprint density at radius 3 is 2.85 bits per heavy atom. The van der Waals surface area contributed by atoms with E-state index in [1.165, 1.54) is 0 Å². The van der Waals surface area contributed by atoms with Gasteiger partial charge in [-0.2, -0.15) is 5.10 Å². The normalized spacial score (nSPS) is 10.4. The number of rotatable bonds is 7. The minimum atomic E-state index is -0.341. The van der Waals surface area contributed by atoms with Crippen LogP contribution in [-0.4, -0.2) is 29.9 Å². The summed E-state index contributed by atoms with van der Waals surface area (Å²) in [6.45, 7) is 4.01. The monoisotopic (exact) mass is 386 g/mol. The van der Waals surface area contributed by atoms with Gasteiger partial charge in [-0.15, -0.1) is 12.4 Å². The zero-order chi connectivity index (χ0) is 18.4. The number of fused-ring (bicyclic) bond motifs is 1. The number of hydrogen-bond acceptors (Lipinski definition) is 6. The van der Waals surface area contributed by atoms with Gasteiger partial charge in [0.2, 0.25) is 5.82 Å². The molecule has 140 valence electrons. The number of para-hydroxylation sites is 2. The molecule has 27 heavy (non-hydrogen) atoms. The molecular weight excluding hydrogens is 368 g/mol. The summed E-state index contributed by atoms with van der Waals surface area (Å²) in [7, 11) is 1.56. The van der Waals surface area contributed by atoms with Crippen molar-refractivity contribution in [3.8, 4) is 11.5 Å². The number of nitrogens with one attached hydrogen (secondary N) is 2. The SMILES string of the molecule is C=CCOc1ccc(/C=N/Nc2nc3ccccc3[nH]c2=O)cc1OC.Cl. The Bertz CT molecular complexity index is 1020. The fraction of sp³-hybridized carbons (Fsp3) is 0.105. The molecule has 0 fully saturated rings. The zero-order valence-electron chi connectivity index (χ0n) is 14.6. The van der Waals surface area contributed by atoms with E-state index in [1.807, 2.05) is 24.3 Å². The van der Waals surface area contributed by atoms with E-state index in [9.17, 15) is 4.79 Å². The Balaban J connectivity index is 0.00000261. The Labute approximate surface area is 162 Å². The molecule has 2 aromatic carbocycles. The largest absolute Gasteiger partial charge is 0.493 e. The van der Waals surface area contributed by atoms with Crippen molar-refractivity contribution in [2.24, 2.45) is 5.10 Å². The number of benzene rings is 2. The Kier molecular flexibility index (Phi) is 6.96. The Morgan fingerprint density at radius 1 is 1.26 bits per heavy atom.